The highest BCUT2D eigenvalue weighted by Gasteiger charge is 2.57. The zero-order chi connectivity index (χ0) is 15.6. The molecule has 1 aliphatic heterocycles. The first-order chi connectivity index (χ1) is 10.6. The predicted molar refractivity (Wildman–Crippen MR) is 82.1 cm³/mol. The van der Waals surface area contributed by atoms with Gasteiger partial charge in [-0.1, -0.05) is 12.1 Å². The number of hydrogen-bond donors (Lipinski definition) is 2. The topological polar surface area (TPSA) is 50.4 Å². The number of piperidine rings is 1. The van der Waals surface area contributed by atoms with E-state index in [0.29, 0.717) is 6.54 Å². The number of benzene rings is 1. The van der Waals surface area contributed by atoms with Crippen LogP contribution < -0.4 is 15.4 Å². The second-order valence-corrected chi connectivity index (χ2v) is 6.47. The Labute approximate surface area is 130 Å². The van der Waals surface area contributed by atoms with Gasteiger partial charge in [-0.2, -0.15) is 0 Å². The summed E-state index contributed by atoms with van der Waals surface area (Å²) in [6, 6.07) is 6.32. The average Bonchev–Trinajstić information content (AvgIpc) is 3.21. The van der Waals surface area contributed by atoms with E-state index in [4.69, 9.17) is 4.74 Å². The van der Waals surface area contributed by atoms with Gasteiger partial charge in [0, 0.05) is 5.92 Å². The molecular formula is C17H23FN2O2. The van der Waals surface area contributed by atoms with Crippen molar-refractivity contribution in [2.75, 3.05) is 19.6 Å². The summed E-state index contributed by atoms with van der Waals surface area (Å²) in [7, 11) is 0. The van der Waals surface area contributed by atoms with Crippen molar-refractivity contribution in [1.82, 2.24) is 10.6 Å². The molecule has 1 aromatic rings. The average molecular weight is 306 g/mol. The van der Waals surface area contributed by atoms with Crippen LogP contribution in [0.25, 0.3) is 0 Å². The highest BCUT2D eigenvalue weighted by Crippen LogP contribution is 2.58. The molecular weight excluding hydrogens is 283 g/mol. The Hall–Kier alpha value is -1.62. The first kappa shape index (κ1) is 15.3. The van der Waals surface area contributed by atoms with E-state index in [1.807, 2.05) is 6.92 Å². The minimum Gasteiger partial charge on any atom is -0.486 e. The molecule has 1 saturated heterocycles. The first-order valence-corrected chi connectivity index (χ1v) is 8.00. The second-order valence-electron chi connectivity index (χ2n) is 6.47. The van der Waals surface area contributed by atoms with Gasteiger partial charge in [0.25, 0.3) is 0 Å². The number of amides is 1. The molecule has 5 heteroatoms. The van der Waals surface area contributed by atoms with E-state index in [1.54, 1.807) is 18.2 Å². The highest BCUT2D eigenvalue weighted by molar-refractivity contribution is 5.82. The highest BCUT2D eigenvalue weighted by atomic mass is 19.1. The Balaban J connectivity index is 1.44. The molecule has 1 aromatic carbocycles. The molecule has 2 atom stereocenters. The third kappa shape index (κ3) is 3.24. The molecule has 22 heavy (non-hydrogen) atoms. The fraction of sp³-hybridized carbons (Fsp3) is 0.588. The van der Waals surface area contributed by atoms with Gasteiger partial charge >= 0.3 is 0 Å². The van der Waals surface area contributed by atoms with Crippen LogP contribution in [0.5, 0.6) is 5.75 Å². The fourth-order valence-electron chi connectivity index (χ4n) is 3.36. The molecule has 1 aliphatic carbocycles. The Kier molecular flexibility index (Phi) is 4.34. The lowest BCUT2D eigenvalue weighted by molar-refractivity contribution is -0.123. The zero-order valence-electron chi connectivity index (χ0n) is 12.9. The van der Waals surface area contributed by atoms with Gasteiger partial charge in [0.15, 0.2) is 11.6 Å². The van der Waals surface area contributed by atoms with E-state index < -0.39 is 0 Å². The van der Waals surface area contributed by atoms with E-state index in [1.165, 1.54) is 6.07 Å². The predicted octanol–water partition coefficient (Wildman–Crippen LogP) is 2.10. The van der Waals surface area contributed by atoms with Crippen molar-refractivity contribution < 1.29 is 13.9 Å². The van der Waals surface area contributed by atoms with Gasteiger partial charge in [0.1, 0.15) is 6.10 Å². The number of carbonyl (C=O) groups excluding carboxylic acids is 1. The van der Waals surface area contributed by atoms with E-state index in [0.717, 1.165) is 32.4 Å². The first-order valence-electron chi connectivity index (χ1n) is 8.00. The third-order valence-electron chi connectivity index (χ3n) is 4.83. The lowest BCUT2D eigenvalue weighted by atomic mass is 9.92. The van der Waals surface area contributed by atoms with E-state index in [2.05, 4.69) is 10.6 Å². The molecule has 1 spiro atoms. The number of nitrogens with one attached hydrogen (secondary N) is 2. The van der Waals surface area contributed by atoms with Gasteiger partial charge < -0.3 is 15.4 Å². The van der Waals surface area contributed by atoms with Gasteiger partial charge in [-0.05, 0) is 56.8 Å². The molecule has 1 heterocycles. The SMILES string of the molecule is CC(CNC(=O)C1CC12CCNCC2)Oc1ccccc1F. The van der Waals surface area contributed by atoms with Crippen LogP contribution >= 0.6 is 0 Å². The number of rotatable bonds is 5. The third-order valence-corrected chi connectivity index (χ3v) is 4.83. The van der Waals surface area contributed by atoms with E-state index in [9.17, 15) is 9.18 Å². The lowest BCUT2D eigenvalue weighted by Crippen LogP contribution is -2.37. The van der Waals surface area contributed by atoms with E-state index in [-0.39, 0.29) is 34.9 Å². The minimum atomic E-state index is -0.378. The van der Waals surface area contributed by atoms with Crippen LogP contribution in [-0.4, -0.2) is 31.6 Å². The summed E-state index contributed by atoms with van der Waals surface area (Å²) >= 11 is 0. The van der Waals surface area contributed by atoms with Crippen LogP contribution in [0.15, 0.2) is 24.3 Å². The van der Waals surface area contributed by atoms with Gasteiger partial charge in [0.2, 0.25) is 5.91 Å². The molecule has 120 valence electrons. The number of halogens is 1. The molecule has 3 rings (SSSR count). The van der Waals surface area contributed by atoms with Crippen LogP contribution in [-0.2, 0) is 4.79 Å². The summed E-state index contributed by atoms with van der Waals surface area (Å²) < 4.78 is 19.0. The van der Waals surface area contributed by atoms with Crippen molar-refractivity contribution in [3.8, 4) is 5.75 Å². The maximum atomic E-state index is 13.5. The zero-order valence-corrected chi connectivity index (χ0v) is 12.9. The normalized spacial score (nSPS) is 23.8. The fourth-order valence-corrected chi connectivity index (χ4v) is 3.36. The van der Waals surface area contributed by atoms with Crippen molar-refractivity contribution in [2.24, 2.45) is 11.3 Å². The van der Waals surface area contributed by atoms with Crippen molar-refractivity contribution in [3.63, 3.8) is 0 Å². The lowest BCUT2D eigenvalue weighted by Gasteiger charge is -2.23. The van der Waals surface area contributed by atoms with Gasteiger partial charge in [-0.15, -0.1) is 0 Å². The smallest absolute Gasteiger partial charge is 0.223 e. The molecule has 0 radical (unpaired) electrons. The van der Waals surface area contributed by atoms with Crippen LogP contribution in [0.1, 0.15) is 26.2 Å². The summed E-state index contributed by atoms with van der Waals surface area (Å²) in [6.45, 7) is 4.26. The Morgan fingerprint density at radius 1 is 1.45 bits per heavy atom. The molecule has 4 nitrogen and oxygen atoms in total. The molecule has 2 aliphatic rings. The van der Waals surface area contributed by atoms with Gasteiger partial charge in [-0.3, -0.25) is 4.79 Å². The number of para-hydroxylation sites is 1. The van der Waals surface area contributed by atoms with Crippen molar-refractivity contribution in [1.29, 1.82) is 0 Å². The maximum Gasteiger partial charge on any atom is 0.223 e. The Bertz CT molecular complexity index is 543. The minimum absolute atomic E-state index is 0.117. The molecule has 2 unspecified atom stereocenters. The number of carbonyl (C=O) groups is 1. The van der Waals surface area contributed by atoms with Crippen molar-refractivity contribution in [3.05, 3.63) is 30.1 Å². The second kappa shape index (κ2) is 6.24. The van der Waals surface area contributed by atoms with Crippen molar-refractivity contribution >= 4 is 5.91 Å². The maximum absolute atomic E-state index is 13.5. The van der Waals surface area contributed by atoms with Crippen LogP contribution in [0.4, 0.5) is 4.39 Å². The van der Waals surface area contributed by atoms with Crippen molar-refractivity contribution in [2.45, 2.75) is 32.3 Å². The van der Waals surface area contributed by atoms with Crippen LogP contribution in [0.2, 0.25) is 0 Å². The van der Waals surface area contributed by atoms with Gasteiger partial charge in [0.05, 0.1) is 6.54 Å². The summed E-state index contributed by atoms with van der Waals surface area (Å²) in [6.07, 6.45) is 2.92. The summed E-state index contributed by atoms with van der Waals surface area (Å²) in [5, 5.41) is 6.28. The standard InChI is InChI=1S/C17H23FN2O2/c1-12(22-15-5-3-2-4-14(15)18)11-20-16(21)13-10-17(13)6-8-19-9-7-17/h2-5,12-13,19H,6-11H2,1H3,(H,20,21). The van der Waals surface area contributed by atoms with Crippen LogP contribution in [0.3, 0.4) is 0 Å². The largest absolute Gasteiger partial charge is 0.486 e. The monoisotopic (exact) mass is 306 g/mol. The van der Waals surface area contributed by atoms with Gasteiger partial charge in [-0.25, -0.2) is 4.39 Å². The molecule has 0 bridgehead atoms. The number of hydrogen-bond acceptors (Lipinski definition) is 3. The summed E-state index contributed by atoms with van der Waals surface area (Å²) in [5.74, 6) is 0.114. The summed E-state index contributed by atoms with van der Waals surface area (Å²) in [5.41, 5.74) is 0.241. The van der Waals surface area contributed by atoms with Crippen LogP contribution in [0, 0.1) is 17.2 Å². The Morgan fingerprint density at radius 2 is 2.18 bits per heavy atom. The number of ether oxygens (including phenoxy) is 1. The molecule has 1 saturated carbocycles. The molecule has 0 aromatic heterocycles. The molecule has 2 N–H and O–H groups in total. The molecule has 2 fully saturated rings. The van der Waals surface area contributed by atoms with E-state index >= 15 is 0 Å². The quantitative estimate of drug-likeness (QED) is 0.876. The summed E-state index contributed by atoms with van der Waals surface area (Å²) in [4.78, 5) is 12.2. The Morgan fingerprint density at radius 3 is 2.91 bits per heavy atom. The molecule has 1 amide bonds.